The first-order valence-electron chi connectivity index (χ1n) is 6.78. The van der Waals surface area contributed by atoms with Crippen LogP contribution in [0.4, 0.5) is 0 Å². The number of terminal acetylenes is 1. The number of hydrogen-bond donors (Lipinski definition) is 0. The largest absolute Gasteiger partial charge is 0.120 e. The van der Waals surface area contributed by atoms with Gasteiger partial charge in [0, 0.05) is 12.3 Å². The Kier molecular flexibility index (Phi) is 5.43. The summed E-state index contributed by atoms with van der Waals surface area (Å²) in [6.07, 6.45) is 14.6. The summed E-state index contributed by atoms with van der Waals surface area (Å²) < 4.78 is 0. The fourth-order valence-electron chi connectivity index (χ4n) is 2.05. The van der Waals surface area contributed by atoms with Crippen LogP contribution in [0, 0.1) is 12.3 Å². The molecule has 0 heteroatoms. The molecule has 1 unspecified atom stereocenters. The first-order chi connectivity index (χ1) is 9.90. The maximum Gasteiger partial charge on any atom is 0.0190 e. The summed E-state index contributed by atoms with van der Waals surface area (Å²) in [6, 6.07) is 20.6. The van der Waals surface area contributed by atoms with Gasteiger partial charge in [-0.15, -0.1) is 12.3 Å². The van der Waals surface area contributed by atoms with Gasteiger partial charge in [0.1, 0.15) is 0 Å². The summed E-state index contributed by atoms with van der Waals surface area (Å²) in [4.78, 5) is 0. The lowest BCUT2D eigenvalue weighted by atomic mass is 9.95. The van der Waals surface area contributed by atoms with Gasteiger partial charge in [0.15, 0.2) is 0 Å². The summed E-state index contributed by atoms with van der Waals surface area (Å²) >= 11 is 0. The van der Waals surface area contributed by atoms with Crippen LogP contribution in [0.15, 0.2) is 78.9 Å². The molecule has 0 N–H and O–H groups in total. The predicted molar refractivity (Wildman–Crippen MR) is 87.2 cm³/mol. The highest BCUT2D eigenvalue weighted by atomic mass is 14.1. The molecule has 0 saturated heterocycles. The average Bonchev–Trinajstić information content (AvgIpc) is 2.52. The van der Waals surface area contributed by atoms with Crippen LogP contribution < -0.4 is 0 Å². The standard InChI is InChI=1S/C20H18/c1-2-11-19(20-15-7-4-8-16-20)17-10-9-14-18-12-5-3-6-13-18/h1,3-10,12-17,19H,11H2. The minimum Gasteiger partial charge on any atom is -0.120 e. The second-order valence-electron chi connectivity index (χ2n) is 4.58. The number of rotatable bonds is 5. The molecule has 0 saturated carbocycles. The Morgan fingerprint density at radius 3 is 2.20 bits per heavy atom. The van der Waals surface area contributed by atoms with Crippen LogP contribution in [0.25, 0.3) is 6.08 Å². The summed E-state index contributed by atoms with van der Waals surface area (Å²) in [5.41, 5.74) is 2.46. The van der Waals surface area contributed by atoms with Crippen LogP contribution in [0.3, 0.4) is 0 Å². The van der Waals surface area contributed by atoms with Crippen LogP contribution >= 0.6 is 0 Å². The first-order valence-corrected chi connectivity index (χ1v) is 6.78. The lowest BCUT2D eigenvalue weighted by Gasteiger charge is -2.08. The third-order valence-electron chi connectivity index (χ3n) is 3.11. The zero-order valence-electron chi connectivity index (χ0n) is 11.4. The van der Waals surface area contributed by atoms with E-state index < -0.39 is 0 Å². The molecule has 98 valence electrons. The van der Waals surface area contributed by atoms with Gasteiger partial charge in [-0.05, 0) is 11.1 Å². The summed E-state index contributed by atoms with van der Waals surface area (Å²) in [6.45, 7) is 0. The van der Waals surface area contributed by atoms with Gasteiger partial charge in [-0.2, -0.15) is 0 Å². The molecule has 0 aliphatic heterocycles. The van der Waals surface area contributed by atoms with Crippen molar-refractivity contribution in [1.82, 2.24) is 0 Å². The molecule has 0 aliphatic rings. The smallest absolute Gasteiger partial charge is 0.0190 e. The highest BCUT2D eigenvalue weighted by Gasteiger charge is 2.04. The number of allylic oxidation sites excluding steroid dienone is 3. The quantitative estimate of drug-likeness (QED) is 0.519. The van der Waals surface area contributed by atoms with Gasteiger partial charge in [-0.25, -0.2) is 0 Å². The molecule has 0 aromatic heterocycles. The van der Waals surface area contributed by atoms with Crippen LogP contribution in [-0.4, -0.2) is 0 Å². The Morgan fingerprint density at radius 2 is 1.55 bits per heavy atom. The van der Waals surface area contributed by atoms with Crippen molar-refractivity contribution in [1.29, 1.82) is 0 Å². The van der Waals surface area contributed by atoms with Crippen LogP contribution in [0.1, 0.15) is 23.5 Å². The monoisotopic (exact) mass is 258 g/mol. The van der Waals surface area contributed by atoms with E-state index in [9.17, 15) is 0 Å². The van der Waals surface area contributed by atoms with Crippen molar-refractivity contribution in [3.63, 3.8) is 0 Å². The van der Waals surface area contributed by atoms with Gasteiger partial charge < -0.3 is 0 Å². The molecular formula is C20H18. The Hall–Kier alpha value is -2.52. The highest BCUT2D eigenvalue weighted by Crippen LogP contribution is 2.20. The molecule has 2 aromatic rings. The van der Waals surface area contributed by atoms with Gasteiger partial charge >= 0.3 is 0 Å². The van der Waals surface area contributed by atoms with E-state index in [0.29, 0.717) is 0 Å². The molecule has 0 heterocycles. The van der Waals surface area contributed by atoms with E-state index in [4.69, 9.17) is 6.42 Å². The molecule has 0 radical (unpaired) electrons. The fraction of sp³-hybridized carbons (Fsp3) is 0.100. The van der Waals surface area contributed by atoms with Crippen LogP contribution in [0.2, 0.25) is 0 Å². The van der Waals surface area contributed by atoms with Crippen molar-refractivity contribution in [3.05, 3.63) is 90.0 Å². The zero-order chi connectivity index (χ0) is 14.0. The average molecular weight is 258 g/mol. The molecular weight excluding hydrogens is 240 g/mol. The van der Waals surface area contributed by atoms with Crippen molar-refractivity contribution in [2.24, 2.45) is 0 Å². The Morgan fingerprint density at radius 1 is 0.900 bits per heavy atom. The minimum absolute atomic E-state index is 0.279. The van der Waals surface area contributed by atoms with Crippen molar-refractivity contribution in [3.8, 4) is 12.3 Å². The number of benzene rings is 2. The molecule has 0 bridgehead atoms. The third kappa shape index (κ3) is 4.30. The summed E-state index contributed by atoms with van der Waals surface area (Å²) in [7, 11) is 0. The third-order valence-corrected chi connectivity index (χ3v) is 3.11. The zero-order valence-corrected chi connectivity index (χ0v) is 11.4. The lowest BCUT2D eigenvalue weighted by Crippen LogP contribution is -1.92. The second kappa shape index (κ2) is 7.81. The van der Waals surface area contributed by atoms with Gasteiger partial charge in [0.05, 0.1) is 0 Å². The molecule has 0 nitrogen and oxygen atoms in total. The molecule has 0 fully saturated rings. The van der Waals surface area contributed by atoms with E-state index in [1.54, 1.807) is 0 Å². The van der Waals surface area contributed by atoms with Crippen molar-refractivity contribution >= 4 is 6.08 Å². The van der Waals surface area contributed by atoms with Crippen LogP contribution in [0.5, 0.6) is 0 Å². The molecule has 0 amide bonds. The molecule has 1 atom stereocenters. The van der Waals surface area contributed by atoms with Gasteiger partial charge in [0.25, 0.3) is 0 Å². The second-order valence-corrected chi connectivity index (χ2v) is 4.58. The maximum atomic E-state index is 5.46. The van der Waals surface area contributed by atoms with E-state index >= 15 is 0 Å². The number of hydrogen-bond acceptors (Lipinski definition) is 0. The normalized spacial score (nSPS) is 12.6. The van der Waals surface area contributed by atoms with E-state index in [1.165, 1.54) is 11.1 Å². The van der Waals surface area contributed by atoms with Gasteiger partial charge in [-0.3, -0.25) is 0 Å². The van der Waals surface area contributed by atoms with E-state index in [1.807, 2.05) is 36.4 Å². The Balaban J connectivity index is 2.04. The fourth-order valence-corrected chi connectivity index (χ4v) is 2.05. The molecule has 2 aromatic carbocycles. The molecule has 0 aliphatic carbocycles. The van der Waals surface area contributed by atoms with Gasteiger partial charge in [0.2, 0.25) is 0 Å². The molecule has 2 rings (SSSR count). The Bertz CT molecular complexity index is 597. The van der Waals surface area contributed by atoms with Crippen molar-refractivity contribution in [2.45, 2.75) is 12.3 Å². The SMILES string of the molecule is C#CCC(C=CC=Cc1ccccc1)c1ccccc1. The van der Waals surface area contributed by atoms with Crippen molar-refractivity contribution < 1.29 is 0 Å². The van der Waals surface area contributed by atoms with Crippen molar-refractivity contribution in [2.75, 3.05) is 0 Å². The predicted octanol–water partition coefficient (Wildman–Crippen LogP) is 5.06. The lowest BCUT2D eigenvalue weighted by molar-refractivity contribution is 0.883. The van der Waals surface area contributed by atoms with E-state index in [0.717, 1.165) is 6.42 Å². The summed E-state index contributed by atoms with van der Waals surface area (Å²) in [5, 5.41) is 0. The summed E-state index contributed by atoms with van der Waals surface area (Å²) in [5.74, 6) is 3.03. The van der Waals surface area contributed by atoms with E-state index in [-0.39, 0.29) is 5.92 Å². The van der Waals surface area contributed by atoms with Crippen LogP contribution in [-0.2, 0) is 0 Å². The minimum atomic E-state index is 0.279. The Labute approximate surface area is 121 Å². The van der Waals surface area contributed by atoms with E-state index in [2.05, 4.69) is 54.5 Å². The molecule has 20 heavy (non-hydrogen) atoms. The maximum absolute atomic E-state index is 5.46. The first kappa shape index (κ1) is 13.9. The topological polar surface area (TPSA) is 0 Å². The molecule has 0 spiro atoms. The highest BCUT2D eigenvalue weighted by molar-refractivity contribution is 5.50. The van der Waals surface area contributed by atoms with Gasteiger partial charge in [-0.1, -0.05) is 85.0 Å².